The molecule has 0 aliphatic carbocycles. The summed E-state index contributed by atoms with van der Waals surface area (Å²) in [5.74, 6) is 0. The second-order valence-corrected chi connectivity index (χ2v) is 5.29. The number of aliphatic hydroxyl groups is 1. The molecule has 0 spiro atoms. The molecule has 0 saturated carbocycles. The topological polar surface area (TPSA) is 56.5 Å². The Morgan fingerprint density at radius 2 is 1.88 bits per heavy atom. The van der Waals surface area contributed by atoms with Gasteiger partial charge in [-0.05, 0) is 33.8 Å². The van der Waals surface area contributed by atoms with Gasteiger partial charge in [0.15, 0.2) is 0 Å². The highest BCUT2D eigenvalue weighted by Crippen LogP contribution is 2.36. The lowest BCUT2D eigenvalue weighted by Crippen LogP contribution is -2.41. The highest BCUT2D eigenvalue weighted by Gasteiger charge is 2.52. The maximum Gasteiger partial charge on any atom is 0.514 e. The zero-order valence-corrected chi connectivity index (χ0v) is 10.8. The normalized spacial score (nSPS) is 22.1. The molecule has 2 rings (SSSR count). The van der Waals surface area contributed by atoms with Crippen molar-refractivity contribution >= 4 is 12.7 Å². The van der Waals surface area contributed by atoms with Crippen molar-refractivity contribution in [2.45, 2.75) is 45.4 Å². The summed E-state index contributed by atoms with van der Waals surface area (Å²) in [6, 6.07) is 1.86. The van der Waals surface area contributed by atoms with Crippen LogP contribution in [0.25, 0.3) is 0 Å². The van der Waals surface area contributed by atoms with Gasteiger partial charge < -0.3 is 14.4 Å². The Labute approximate surface area is 102 Å². The van der Waals surface area contributed by atoms with Crippen LogP contribution in [0.2, 0.25) is 0 Å². The molecule has 17 heavy (non-hydrogen) atoms. The van der Waals surface area contributed by atoms with Gasteiger partial charge in [0.05, 0.1) is 29.9 Å². The van der Waals surface area contributed by atoms with Crippen molar-refractivity contribution in [3.05, 3.63) is 12.3 Å². The molecule has 5 nitrogen and oxygen atoms in total. The van der Waals surface area contributed by atoms with E-state index in [1.165, 1.54) is 0 Å². The smallest absolute Gasteiger partial charge is 0.398 e. The van der Waals surface area contributed by atoms with E-state index in [2.05, 4.69) is 5.10 Å². The van der Waals surface area contributed by atoms with Crippen molar-refractivity contribution in [3.63, 3.8) is 0 Å². The number of rotatable bonds is 3. The predicted molar refractivity (Wildman–Crippen MR) is 65.0 cm³/mol. The summed E-state index contributed by atoms with van der Waals surface area (Å²) in [4.78, 5) is 0. The van der Waals surface area contributed by atoms with Gasteiger partial charge in [0.1, 0.15) is 0 Å². The Morgan fingerprint density at radius 3 is 2.41 bits per heavy atom. The van der Waals surface area contributed by atoms with E-state index in [0.717, 1.165) is 5.59 Å². The molecule has 1 saturated heterocycles. The average molecular weight is 238 g/mol. The van der Waals surface area contributed by atoms with E-state index < -0.39 is 7.12 Å². The highest BCUT2D eigenvalue weighted by molar-refractivity contribution is 6.61. The summed E-state index contributed by atoms with van der Waals surface area (Å²) in [5.41, 5.74) is 0.135. The fourth-order valence-corrected chi connectivity index (χ4v) is 1.79. The number of aliphatic hydroxyl groups excluding tert-OH is 1. The molecular formula is C11H19BN2O3. The largest absolute Gasteiger partial charge is 0.514 e. The monoisotopic (exact) mass is 238 g/mol. The molecule has 0 unspecified atom stereocenters. The molecular weight excluding hydrogens is 219 g/mol. The minimum atomic E-state index is -0.422. The molecule has 1 fully saturated rings. The Balaban J connectivity index is 2.23. The van der Waals surface area contributed by atoms with Crippen molar-refractivity contribution in [2.75, 3.05) is 6.61 Å². The molecule has 2 heterocycles. The van der Waals surface area contributed by atoms with Crippen LogP contribution in [0.15, 0.2) is 12.3 Å². The van der Waals surface area contributed by atoms with Gasteiger partial charge >= 0.3 is 7.12 Å². The molecule has 0 radical (unpaired) electrons. The van der Waals surface area contributed by atoms with Crippen LogP contribution in [-0.2, 0) is 15.9 Å². The van der Waals surface area contributed by atoms with Crippen LogP contribution in [-0.4, -0.2) is 39.8 Å². The van der Waals surface area contributed by atoms with E-state index in [4.69, 9.17) is 14.4 Å². The second-order valence-electron chi connectivity index (χ2n) is 5.29. The van der Waals surface area contributed by atoms with Crippen molar-refractivity contribution in [2.24, 2.45) is 0 Å². The molecule has 0 aromatic carbocycles. The van der Waals surface area contributed by atoms with E-state index in [-0.39, 0.29) is 17.8 Å². The van der Waals surface area contributed by atoms with Gasteiger partial charge in [-0.15, -0.1) is 0 Å². The maximum absolute atomic E-state index is 8.97. The van der Waals surface area contributed by atoms with E-state index in [1.54, 1.807) is 10.9 Å². The maximum atomic E-state index is 8.97. The lowest BCUT2D eigenvalue weighted by atomic mass is 9.85. The minimum Gasteiger partial charge on any atom is -0.398 e. The Morgan fingerprint density at radius 1 is 1.29 bits per heavy atom. The molecule has 6 heteroatoms. The zero-order chi connectivity index (χ0) is 12.7. The summed E-state index contributed by atoms with van der Waals surface area (Å²) in [6.07, 6.45) is 1.69. The van der Waals surface area contributed by atoms with E-state index in [1.807, 2.05) is 33.8 Å². The highest BCUT2D eigenvalue weighted by atomic mass is 16.7. The van der Waals surface area contributed by atoms with Gasteiger partial charge in [0, 0.05) is 6.20 Å². The molecule has 1 aromatic heterocycles. The van der Waals surface area contributed by atoms with E-state index in [9.17, 15) is 0 Å². The van der Waals surface area contributed by atoms with Gasteiger partial charge in [-0.3, -0.25) is 4.68 Å². The van der Waals surface area contributed by atoms with E-state index in [0.29, 0.717) is 6.54 Å². The molecule has 94 valence electrons. The molecule has 1 aromatic rings. The van der Waals surface area contributed by atoms with Gasteiger partial charge in [-0.2, -0.15) is 5.10 Å². The summed E-state index contributed by atoms with van der Waals surface area (Å²) < 4.78 is 13.6. The van der Waals surface area contributed by atoms with E-state index >= 15 is 0 Å². The molecule has 1 N–H and O–H groups in total. The Kier molecular flexibility index (Phi) is 3.05. The standard InChI is InChI=1S/C11H19BN2O3/c1-10(2)11(3,4)17-12(16-10)9-5-6-13-14(9)7-8-15/h5-6,15H,7-8H2,1-4H3. The SMILES string of the molecule is CC1(C)OB(c2ccnn2CCO)OC1(C)C. The third kappa shape index (κ3) is 2.12. The van der Waals surface area contributed by atoms with Crippen LogP contribution in [0, 0.1) is 0 Å². The molecule has 0 amide bonds. The van der Waals surface area contributed by atoms with Crippen LogP contribution < -0.4 is 5.59 Å². The average Bonchev–Trinajstić information content (AvgIpc) is 2.71. The molecule has 0 bridgehead atoms. The first kappa shape index (κ1) is 12.6. The fraction of sp³-hybridized carbons (Fsp3) is 0.727. The summed E-state index contributed by atoms with van der Waals surface area (Å²) in [6.45, 7) is 8.56. The van der Waals surface area contributed by atoms with Crippen LogP contribution >= 0.6 is 0 Å². The second kappa shape index (κ2) is 4.12. The quantitative estimate of drug-likeness (QED) is 0.763. The van der Waals surface area contributed by atoms with Crippen LogP contribution in [0.5, 0.6) is 0 Å². The van der Waals surface area contributed by atoms with Crippen molar-refractivity contribution in [3.8, 4) is 0 Å². The Hall–Kier alpha value is -0.845. The lowest BCUT2D eigenvalue weighted by molar-refractivity contribution is 0.00578. The van der Waals surface area contributed by atoms with Gasteiger partial charge in [-0.1, -0.05) is 0 Å². The number of hydrogen-bond donors (Lipinski definition) is 1. The van der Waals surface area contributed by atoms with Gasteiger partial charge in [-0.25, -0.2) is 0 Å². The Bertz CT molecular complexity index is 387. The van der Waals surface area contributed by atoms with Crippen LogP contribution in [0.1, 0.15) is 27.7 Å². The first-order valence-corrected chi connectivity index (χ1v) is 5.85. The summed E-state index contributed by atoms with van der Waals surface area (Å²) in [7, 11) is -0.422. The minimum absolute atomic E-state index is 0.0498. The number of aromatic nitrogens is 2. The first-order valence-electron chi connectivity index (χ1n) is 5.85. The van der Waals surface area contributed by atoms with Crippen molar-refractivity contribution < 1.29 is 14.4 Å². The third-order valence-electron chi connectivity index (χ3n) is 3.56. The summed E-state index contributed by atoms with van der Waals surface area (Å²) in [5, 5.41) is 13.1. The lowest BCUT2D eigenvalue weighted by Gasteiger charge is -2.32. The van der Waals surface area contributed by atoms with Crippen LogP contribution in [0.3, 0.4) is 0 Å². The predicted octanol–water partition coefficient (Wildman–Crippen LogP) is 0.175. The van der Waals surface area contributed by atoms with Gasteiger partial charge in [0.2, 0.25) is 0 Å². The number of hydrogen-bond acceptors (Lipinski definition) is 4. The molecule has 1 aliphatic heterocycles. The van der Waals surface area contributed by atoms with Crippen molar-refractivity contribution in [1.82, 2.24) is 9.78 Å². The molecule has 0 atom stereocenters. The third-order valence-corrected chi connectivity index (χ3v) is 3.56. The van der Waals surface area contributed by atoms with Crippen LogP contribution in [0.4, 0.5) is 0 Å². The fourth-order valence-electron chi connectivity index (χ4n) is 1.79. The first-order chi connectivity index (χ1) is 7.87. The number of nitrogens with zero attached hydrogens (tertiary/aromatic N) is 2. The molecule has 1 aliphatic rings. The zero-order valence-electron chi connectivity index (χ0n) is 10.8. The van der Waals surface area contributed by atoms with Crippen molar-refractivity contribution in [1.29, 1.82) is 0 Å². The summed E-state index contributed by atoms with van der Waals surface area (Å²) >= 11 is 0. The van der Waals surface area contributed by atoms with Gasteiger partial charge in [0.25, 0.3) is 0 Å².